The molecule has 0 unspecified atom stereocenters. The molecule has 0 aliphatic heterocycles. The van der Waals surface area contributed by atoms with E-state index in [-0.39, 0.29) is 0 Å². The van der Waals surface area contributed by atoms with Crippen LogP contribution in [0, 0.1) is 0 Å². The summed E-state index contributed by atoms with van der Waals surface area (Å²) in [5, 5.41) is 9.48. The maximum atomic E-state index is 6.36. The summed E-state index contributed by atoms with van der Waals surface area (Å²) in [6.07, 6.45) is 0. The van der Waals surface area contributed by atoms with Crippen LogP contribution in [0.2, 0.25) is 0 Å². The largest absolute Gasteiger partial charge is 0.456 e. The lowest BCUT2D eigenvalue weighted by Crippen LogP contribution is -2.09. The molecule has 0 aliphatic carbocycles. The highest BCUT2D eigenvalue weighted by Gasteiger charge is 2.19. The van der Waals surface area contributed by atoms with Crippen molar-refractivity contribution in [2.75, 3.05) is 4.90 Å². The molecule has 7 aromatic carbocycles. The summed E-state index contributed by atoms with van der Waals surface area (Å²) in [7, 11) is 0. The molecule has 3 nitrogen and oxygen atoms in total. The fourth-order valence-electron chi connectivity index (χ4n) is 6.83. The fourth-order valence-corrected chi connectivity index (χ4v) is 7.97. The van der Waals surface area contributed by atoms with E-state index in [2.05, 4.69) is 132 Å². The van der Waals surface area contributed by atoms with Gasteiger partial charge in [0.25, 0.3) is 0 Å². The number of anilines is 3. The Morgan fingerprint density at radius 3 is 1.93 bits per heavy atom. The molecule has 44 heavy (non-hydrogen) atoms. The molecule has 0 amide bonds. The second-order valence-corrected chi connectivity index (χ2v) is 12.4. The lowest BCUT2D eigenvalue weighted by atomic mass is 10.0. The van der Waals surface area contributed by atoms with E-state index in [1.807, 2.05) is 23.5 Å². The number of furan rings is 2. The first-order valence-electron chi connectivity index (χ1n) is 14.8. The van der Waals surface area contributed by atoms with E-state index in [1.165, 1.54) is 30.9 Å². The van der Waals surface area contributed by atoms with Crippen molar-refractivity contribution in [2.45, 2.75) is 0 Å². The third kappa shape index (κ3) is 3.43. The minimum atomic E-state index is 0.873. The molecular weight excluding hydrogens is 559 g/mol. The topological polar surface area (TPSA) is 29.5 Å². The summed E-state index contributed by atoms with van der Waals surface area (Å²) >= 11 is 1.84. The molecule has 10 rings (SSSR count). The Balaban J connectivity index is 1.24. The van der Waals surface area contributed by atoms with Crippen molar-refractivity contribution < 1.29 is 8.83 Å². The molecule has 3 aromatic heterocycles. The number of hydrogen-bond donors (Lipinski definition) is 0. The first-order valence-corrected chi connectivity index (χ1v) is 15.6. The zero-order valence-corrected chi connectivity index (χ0v) is 24.3. The highest BCUT2D eigenvalue weighted by molar-refractivity contribution is 7.25. The van der Waals surface area contributed by atoms with Gasteiger partial charge in [-0.1, -0.05) is 72.8 Å². The number of fused-ring (bicyclic) bond motifs is 11. The van der Waals surface area contributed by atoms with Crippen LogP contribution in [0.5, 0.6) is 0 Å². The van der Waals surface area contributed by atoms with E-state index in [0.29, 0.717) is 0 Å². The van der Waals surface area contributed by atoms with Crippen LogP contribution in [0.3, 0.4) is 0 Å². The standard InChI is InChI=1S/C40H23NO2S/c1-2-8-28-24(7-1)13-19-36-40(28)33-21-25(16-20-35(33)42-36)41(26-14-17-30-29-9-3-5-11-34(29)43-37(30)22-26)27-15-18-32-31-10-4-6-12-38(31)44-39(32)23-27/h1-23H. The monoisotopic (exact) mass is 581 g/mol. The van der Waals surface area contributed by atoms with Gasteiger partial charge in [-0.2, -0.15) is 0 Å². The molecular formula is C40H23NO2S. The van der Waals surface area contributed by atoms with E-state index >= 15 is 0 Å². The van der Waals surface area contributed by atoms with Crippen LogP contribution >= 0.6 is 11.3 Å². The van der Waals surface area contributed by atoms with Gasteiger partial charge in [0.2, 0.25) is 0 Å². The number of hydrogen-bond acceptors (Lipinski definition) is 4. The van der Waals surface area contributed by atoms with E-state index in [9.17, 15) is 0 Å². The van der Waals surface area contributed by atoms with Gasteiger partial charge in [-0.15, -0.1) is 11.3 Å². The predicted molar refractivity (Wildman–Crippen MR) is 186 cm³/mol. The van der Waals surface area contributed by atoms with Crippen LogP contribution in [0.4, 0.5) is 17.1 Å². The summed E-state index contributed by atoms with van der Waals surface area (Å²) in [4.78, 5) is 2.33. The Morgan fingerprint density at radius 2 is 1.00 bits per heavy atom. The van der Waals surface area contributed by atoms with E-state index in [4.69, 9.17) is 8.83 Å². The van der Waals surface area contributed by atoms with E-state index in [0.717, 1.165) is 60.9 Å². The highest BCUT2D eigenvalue weighted by atomic mass is 32.1. The highest BCUT2D eigenvalue weighted by Crippen LogP contribution is 2.44. The van der Waals surface area contributed by atoms with Crippen molar-refractivity contribution in [2.24, 2.45) is 0 Å². The minimum absolute atomic E-state index is 0.873. The molecule has 0 bridgehead atoms. The number of thiophene rings is 1. The summed E-state index contributed by atoms with van der Waals surface area (Å²) in [6, 6.07) is 49.5. The third-order valence-electron chi connectivity index (χ3n) is 8.84. The fraction of sp³-hybridized carbons (Fsp3) is 0. The van der Waals surface area contributed by atoms with Crippen molar-refractivity contribution in [1.82, 2.24) is 0 Å². The summed E-state index contributed by atoms with van der Waals surface area (Å²) < 4.78 is 15.3. The number of para-hydroxylation sites is 1. The predicted octanol–water partition coefficient (Wildman–Crippen LogP) is 12.5. The molecule has 0 saturated heterocycles. The Kier molecular flexibility index (Phi) is 4.87. The normalized spacial score (nSPS) is 12.1. The Morgan fingerprint density at radius 1 is 0.386 bits per heavy atom. The molecule has 0 aliphatic rings. The van der Waals surface area contributed by atoms with Gasteiger partial charge < -0.3 is 13.7 Å². The maximum absolute atomic E-state index is 6.36. The average molecular weight is 582 g/mol. The third-order valence-corrected chi connectivity index (χ3v) is 9.98. The summed E-state index contributed by atoms with van der Waals surface area (Å²) in [6.45, 7) is 0. The SMILES string of the molecule is c1ccc2c(c1)ccc1oc3ccc(N(c4ccc5c(c4)oc4ccccc45)c4ccc5c(c4)sc4ccccc45)cc3c12. The lowest BCUT2D eigenvalue weighted by molar-refractivity contribution is 0.668. The van der Waals surface area contributed by atoms with Gasteiger partial charge in [-0.05, 0) is 71.4 Å². The van der Waals surface area contributed by atoms with Gasteiger partial charge in [-0.3, -0.25) is 0 Å². The summed E-state index contributed by atoms with van der Waals surface area (Å²) in [5.41, 5.74) is 6.74. The van der Waals surface area contributed by atoms with Crippen molar-refractivity contribution in [3.05, 3.63) is 140 Å². The van der Waals surface area contributed by atoms with E-state index < -0.39 is 0 Å². The molecule has 0 spiro atoms. The molecule has 10 aromatic rings. The molecule has 3 heterocycles. The van der Waals surface area contributed by atoms with Crippen molar-refractivity contribution in [3.8, 4) is 0 Å². The zero-order chi connectivity index (χ0) is 28.8. The summed E-state index contributed by atoms with van der Waals surface area (Å²) in [5.74, 6) is 0. The molecule has 0 N–H and O–H groups in total. The minimum Gasteiger partial charge on any atom is -0.456 e. The van der Waals surface area contributed by atoms with Gasteiger partial charge in [0, 0.05) is 64.8 Å². The van der Waals surface area contributed by atoms with Gasteiger partial charge in [0.1, 0.15) is 22.3 Å². The molecule has 206 valence electrons. The van der Waals surface area contributed by atoms with Crippen LogP contribution in [-0.2, 0) is 0 Å². The van der Waals surface area contributed by atoms with Crippen molar-refractivity contribution >= 4 is 103 Å². The quantitative estimate of drug-likeness (QED) is 0.208. The maximum Gasteiger partial charge on any atom is 0.137 e. The second-order valence-electron chi connectivity index (χ2n) is 11.3. The molecule has 0 fully saturated rings. The zero-order valence-electron chi connectivity index (χ0n) is 23.5. The molecule has 4 heteroatoms. The van der Waals surface area contributed by atoms with Crippen LogP contribution < -0.4 is 4.90 Å². The number of nitrogens with zero attached hydrogens (tertiary/aromatic N) is 1. The molecule has 0 saturated carbocycles. The van der Waals surface area contributed by atoms with Gasteiger partial charge in [0.15, 0.2) is 0 Å². The first-order chi connectivity index (χ1) is 21.8. The second kappa shape index (κ2) is 8.96. The van der Waals surface area contributed by atoms with Crippen LogP contribution in [0.15, 0.2) is 148 Å². The lowest BCUT2D eigenvalue weighted by Gasteiger charge is -2.25. The van der Waals surface area contributed by atoms with Gasteiger partial charge in [0.05, 0.1) is 0 Å². The first kappa shape index (κ1) is 23.9. The molecule has 0 atom stereocenters. The van der Waals surface area contributed by atoms with Crippen LogP contribution in [0.25, 0.3) is 74.8 Å². The molecule has 0 radical (unpaired) electrons. The number of benzene rings is 7. The van der Waals surface area contributed by atoms with Crippen LogP contribution in [0.1, 0.15) is 0 Å². The Hall–Kier alpha value is -5.58. The van der Waals surface area contributed by atoms with Crippen LogP contribution in [-0.4, -0.2) is 0 Å². The van der Waals surface area contributed by atoms with Gasteiger partial charge in [-0.25, -0.2) is 0 Å². The Labute approximate surface area is 255 Å². The Bertz CT molecular complexity index is 2630. The van der Waals surface area contributed by atoms with Crippen molar-refractivity contribution in [1.29, 1.82) is 0 Å². The van der Waals surface area contributed by atoms with Crippen molar-refractivity contribution in [3.63, 3.8) is 0 Å². The van der Waals surface area contributed by atoms with E-state index in [1.54, 1.807) is 0 Å². The average Bonchev–Trinajstić information content (AvgIpc) is 3.75. The number of rotatable bonds is 3. The smallest absolute Gasteiger partial charge is 0.137 e. The van der Waals surface area contributed by atoms with Gasteiger partial charge >= 0.3 is 0 Å².